The Morgan fingerprint density at radius 2 is 1.98 bits per heavy atom. The maximum absolute atomic E-state index is 10.5. The summed E-state index contributed by atoms with van der Waals surface area (Å²) >= 11 is 0. The van der Waals surface area contributed by atoms with Crippen molar-refractivity contribution in [1.29, 1.82) is 0 Å². The molecule has 7 rings (SSSR count). The molecule has 0 amide bonds. The molecule has 0 aliphatic carbocycles. The summed E-state index contributed by atoms with van der Waals surface area (Å²) in [6.07, 6.45) is 6.99. The first-order valence-corrected chi connectivity index (χ1v) is 13.7. The fourth-order valence-electron chi connectivity index (χ4n) is 5.51. The van der Waals surface area contributed by atoms with E-state index in [9.17, 15) is 5.11 Å². The Bertz CT molecular complexity index is 1550. The maximum atomic E-state index is 10.5. The molecule has 10 heteroatoms. The predicted octanol–water partition coefficient (Wildman–Crippen LogP) is 4.43. The average molecular weight is 541 g/mol. The van der Waals surface area contributed by atoms with E-state index in [-0.39, 0.29) is 17.5 Å². The minimum atomic E-state index is 0.0253. The zero-order valence-corrected chi connectivity index (χ0v) is 22.4. The molecule has 40 heavy (non-hydrogen) atoms. The van der Waals surface area contributed by atoms with Crippen LogP contribution in [0.4, 0.5) is 5.82 Å². The van der Waals surface area contributed by atoms with E-state index in [0.29, 0.717) is 43.0 Å². The van der Waals surface area contributed by atoms with Gasteiger partial charge in [0.25, 0.3) is 0 Å². The molecule has 2 aromatic carbocycles. The highest BCUT2D eigenvalue weighted by Crippen LogP contribution is 2.38. The fourth-order valence-corrected chi connectivity index (χ4v) is 5.51. The number of nitrogens with zero attached hydrogens (tertiary/aromatic N) is 5. The molecule has 2 atom stereocenters. The van der Waals surface area contributed by atoms with Crippen LogP contribution in [0.3, 0.4) is 0 Å². The van der Waals surface area contributed by atoms with Crippen LogP contribution >= 0.6 is 0 Å². The van der Waals surface area contributed by atoms with E-state index in [4.69, 9.17) is 19.2 Å². The van der Waals surface area contributed by atoms with Crippen LogP contribution in [0.25, 0.3) is 16.9 Å². The van der Waals surface area contributed by atoms with Crippen molar-refractivity contribution >= 4 is 16.9 Å². The lowest BCUT2D eigenvalue weighted by Crippen LogP contribution is -2.55. The normalized spacial score (nSPS) is 21.4. The monoisotopic (exact) mass is 540 g/mol. The van der Waals surface area contributed by atoms with Crippen LogP contribution in [0.1, 0.15) is 25.3 Å². The van der Waals surface area contributed by atoms with Crippen molar-refractivity contribution in [2.45, 2.75) is 38.5 Å². The number of aliphatic hydroxyl groups is 1. The Hall–Kier alpha value is -4.31. The van der Waals surface area contributed by atoms with E-state index in [1.54, 1.807) is 18.7 Å². The van der Waals surface area contributed by atoms with Gasteiger partial charge in [-0.3, -0.25) is 9.55 Å². The second kappa shape index (κ2) is 10.0. The SMILES string of the molecule is CC1(COc2ccc3c(c2)ncn3-c2cncc(N[C@@H]3CC[C@H]4C(O)=C(OCc5ccccc5)N4C3)n2)COC1. The number of rotatable bonds is 9. The summed E-state index contributed by atoms with van der Waals surface area (Å²) in [5.74, 6) is 3.09. The standard InChI is InChI=1S/C30H32N6O4/c1-30(16-38-17-30)18-40-22-8-10-24-23(11-22)32-19-36(24)27-13-31-12-26(34-27)33-21-7-9-25-28(37)29(35(25)14-21)39-15-20-5-3-2-4-6-20/h2-6,8,10-13,19,21,25,37H,7,9,14-18H2,1H3,(H,33,34)/t21-,25+/m1/s1. The molecule has 2 saturated heterocycles. The minimum Gasteiger partial charge on any atom is -0.505 e. The molecule has 4 aromatic rings. The Morgan fingerprint density at radius 1 is 1.10 bits per heavy atom. The number of benzene rings is 2. The third kappa shape index (κ3) is 4.68. The highest BCUT2D eigenvalue weighted by molar-refractivity contribution is 5.78. The summed E-state index contributed by atoms with van der Waals surface area (Å²) in [6, 6.07) is 16.1. The molecule has 0 spiro atoms. The molecule has 0 radical (unpaired) electrons. The van der Waals surface area contributed by atoms with Crippen LogP contribution < -0.4 is 10.1 Å². The van der Waals surface area contributed by atoms with E-state index in [0.717, 1.165) is 48.4 Å². The summed E-state index contributed by atoms with van der Waals surface area (Å²) in [6.45, 7) is 5.39. The molecule has 10 nitrogen and oxygen atoms in total. The van der Waals surface area contributed by atoms with Gasteiger partial charge >= 0.3 is 0 Å². The van der Waals surface area contributed by atoms with Gasteiger partial charge in [0.1, 0.15) is 24.5 Å². The molecule has 0 saturated carbocycles. The maximum Gasteiger partial charge on any atom is 0.231 e. The largest absolute Gasteiger partial charge is 0.505 e. The summed E-state index contributed by atoms with van der Waals surface area (Å²) in [4.78, 5) is 16.0. The van der Waals surface area contributed by atoms with Crippen LogP contribution in [0.15, 0.2) is 78.9 Å². The molecule has 2 fully saturated rings. The summed E-state index contributed by atoms with van der Waals surface area (Å²) in [5.41, 5.74) is 2.91. The molecule has 0 bridgehead atoms. The fraction of sp³-hybridized carbons (Fsp3) is 0.367. The quantitative estimate of drug-likeness (QED) is 0.319. The molecule has 3 aliphatic heterocycles. The summed E-state index contributed by atoms with van der Waals surface area (Å²) < 4.78 is 19.2. The van der Waals surface area contributed by atoms with Gasteiger partial charge < -0.3 is 29.5 Å². The van der Waals surface area contributed by atoms with E-state index in [1.165, 1.54) is 0 Å². The van der Waals surface area contributed by atoms with Crippen molar-refractivity contribution in [2.24, 2.45) is 5.41 Å². The molecule has 0 unspecified atom stereocenters. The van der Waals surface area contributed by atoms with Gasteiger partial charge in [-0.05, 0) is 30.5 Å². The first-order valence-electron chi connectivity index (χ1n) is 13.7. The third-order valence-electron chi connectivity index (χ3n) is 7.82. The van der Waals surface area contributed by atoms with Gasteiger partial charge in [-0.25, -0.2) is 9.97 Å². The van der Waals surface area contributed by atoms with Gasteiger partial charge in [-0.2, -0.15) is 0 Å². The zero-order valence-electron chi connectivity index (χ0n) is 22.4. The van der Waals surface area contributed by atoms with Crippen LogP contribution in [-0.2, 0) is 16.1 Å². The average Bonchev–Trinajstić information content (AvgIpc) is 3.39. The smallest absolute Gasteiger partial charge is 0.231 e. The van der Waals surface area contributed by atoms with Crippen LogP contribution in [0.5, 0.6) is 5.75 Å². The molecular formula is C30H32N6O4. The number of ether oxygens (including phenoxy) is 3. The van der Waals surface area contributed by atoms with Crippen molar-refractivity contribution in [3.05, 3.63) is 84.5 Å². The van der Waals surface area contributed by atoms with E-state index in [2.05, 4.69) is 27.1 Å². The van der Waals surface area contributed by atoms with Crippen molar-refractivity contribution in [1.82, 2.24) is 24.4 Å². The Labute approximate surface area is 232 Å². The number of aromatic nitrogens is 4. The van der Waals surface area contributed by atoms with Gasteiger partial charge in [0.2, 0.25) is 5.88 Å². The lowest BCUT2D eigenvalue weighted by molar-refractivity contribution is -0.120. The molecule has 3 aliphatic rings. The Balaban J connectivity index is 1.01. The second-order valence-electron chi connectivity index (χ2n) is 11.2. The number of hydrogen-bond donors (Lipinski definition) is 2. The first-order chi connectivity index (χ1) is 19.5. The van der Waals surface area contributed by atoms with E-state index < -0.39 is 0 Å². The van der Waals surface area contributed by atoms with Crippen molar-refractivity contribution in [2.75, 3.05) is 31.7 Å². The predicted molar refractivity (Wildman–Crippen MR) is 149 cm³/mol. The summed E-state index contributed by atoms with van der Waals surface area (Å²) in [7, 11) is 0. The molecule has 206 valence electrons. The second-order valence-corrected chi connectivity index (χ2v) is 11.2. The van der Waals surface area contributed by atoms with Crippen LogP contribution in [-0.4, -0.2) is 68.0 Å². The minimum absolute atomic E-state index is 0.0253. The lowest BCUT2D eigenvalue weighted by atomic mass is 9.90. The Kier molecular flexibility index (Phi) is 6.19. The first kappa shape index (κ1) is 24.7. The lowest BCUT2D eigenvalue weighted by Gasteiger charge is -2.48. The molecule has 2 N–H and O–H groups in total. The van der Waals surface area contributed by atoms with Gasteiger partial charge in [0.15, 0.2) is 11.6 Å². The van der Waals surface area contributed by atoms with Crippen molar-refractivity contribution in [3.63, 3.8) is 0 Å². The van der Waals surface area contributed by atoms with E-state index in [1.807, 2.05) is 53.1 Å². The van der Waals surface area contributed by atoms with Crippen molar-refractivity contribution in [3.8, 4) is 11.6 Å². The van der Waals surface area contributed by atoms with Gasteiger partial charge in [-0.1, -0.05) is 37.3 Å². The zero-order chi connectivity index (χ0) is 27.1. The number of nitrogens with one attached hydrogen (secondary N) is 1. The topological polar surface area (TPSA) is 107 Å². The highest BCUT2D eigenvalue weighted by Gasteiger charge is 2.43. The van der Waals surface area contributed by atoms with Gasteiger partial charge in [0.05, 0.1) is 49.3 Å². The summed E-state index contributed by atoms with van der Waals surface area (Å²) in [5, 5.41) is 14.1. The van der Waals surface area contributed by atoms with Crippen molar-refractivity contribution < 1.29 is 19.3 Å². The van der Waals surface area contributed by atoms with Crippen LogP contribution in [0, 0.1) is 5.41 Å². The number of anilines is 1. The van der Waals surface area contributed by atoms with E-state index >= 15 is 0 Å². The van der Waals surface area contributed by atoms with Gasteiger partial charge in [-0.15, -0.1) is 0 Å². The Morgan fingerprint density at radius 3 is 2.80 bits per heavy atom. The number of aliphatic hydroxyl groups excluding tert-OH is 1. The number of hydrogen-bond acceptors (Lipinski definition) is 9. The van der Waals surface area contributed by atoms with Crippen LogP contribution in [0.2, 0.25) is 0 Å². The molecule has 2 aromatic heterocycles. The molecular weight excluding hydrogens is 508 g/mol. The number of piperidine rings is 1. The third-order valence-corrected chi connectivity index (χ3v) is 7.82. The number of imidazole rings is 1. The highest BCUT2D eigenvalue weighted by atomic mass is 16.5. The van der Waals surface area contributed by atoms with Gasteiger partial charge in [0, 0.05) is 24.1 Å². The molecule has 5 heterocycles. The number of fused-ring (bicyclic) bond motifs is 2.